The summed E-state index contributed by atoms with van der Waals surface area (Å²) in [4.78, 5) is 12.8. The number of hydrogen-bond donors (Lipinski definition) is 0. The van der Waals surface area contributed by atoms with Crippen LogP contribution < -0.4 is 0 Å². The summed E-state index contributed by atoms with van der Waals surface area (Å²) in [6, 6.07) is 21.7. The van der Waals surface area contributed by atoms with E-state index in [1.165, 1.54) is 6.20 Å². The van der Waals surface area contributed by atoms with Crippen LogP contribution in [0.15, 0.2) is 71.4 Å². The minimum absolute atomic E-state index is 0.0659. The first-order chi connectivity index (χ1) is 12.2. The van der Waals surface area contributed by atoms with Crippen molar-refractivity contribution in [1.82, 2.24) is 5.16 Å². The first-order valence-electron chi connectivity index (χ1n) is 8.14. The Balaban J connectivity index is 1.97. The maximum Gasteiger partial charge on any atom is 0.168 e. The largest absolute Gasteiger partial charge is 0.361 e. The third kappa shape index (κ3) is 3.67. The van der Waals surface area contributed by atoms with E-state index in [1.807, 2.05) is 60.7 Å². The van der Waals surface area contributed by atoms with E-state index in [-0.39, 0.29) is 18.1 Å². The normalized spacial score (nSPS) is 13.0. The van der Waals surface area contributed by atoms with Gasteiger partial charge in [0.2, 0.25) is 0 Å². The van der Waals surface area contributed by atoms with Gasteiger partial charge in [-0.15, -0.1) is 0 Å². The highest BCUT2D eigenvalue weighted by atomic mass is 16.5. The summed E-state index contributed by atoms with van der Waals surface area (Å²) in [5.41, 5.74) is 2.36. The predicted molar refractivity (Wildman–Crippen MR) is 94.2 cm³/mol. The zero-order valence-electron chi connectivity index (χ0n) is 13.9. The molecule has 0 aliphatic rings. The van der Waals surface area contributed by atoms with Crippen LogP contribution in [-0.2, 0) is 0 Å². The molecule has 124 valence electrons. The number of aryl methyl sites for hydroxylation is 1. The Morgan fingerprint density at radius 2 is 1.68 bits per heavy atom. The number of Topliss-reactive ketones (excluding diaryl/α,β-unsaturated/α-hetero) is 1. The Kier molecular flexibility index (Phi) is 5.06. The molecule has 4 nitrogen and oxygen atoms in total. The molecule has 4 heteroatoms. The second kappa shape index (κ2) is 7.59. The van der Waals surface area contributed by atoms with Gasteiger partial charge < -0.3 is 4.52 Å². The molecule has 0 bridgehead atoms. The van der Waals surface area contributed by atoms with Gasteiger partial charge in [0.05, 0.1) is 23.7 Å². The minimum atomic E-state index is -0.410. The van der Waals surface area contributed by atoms with Crippen LogP contribution in [-0.4, -0.2) is 10.9 Å². The molecule has 0 saturated carbocycles. The van der Waals surface area contributed by atoms with Gasteiger partial charge in [0.15, 0.2) is 5.78 Å². The summed E-state index contributed by atoms with van der Waals surface area (Å²) in [6.45, 7) is 1.72. The number of nitriles is 1. The van der Waals surface area contributed by atoms with Crippen molar-refractivity contribution in [2.75, 3.05) is 0 Å². The van der Waals surface area contributed by atoms with Gasteiger partial charge in [-0.3, -0.25) is 4.79 Å². The van der Waals surface area contributed by atoms with Crippen LogP contribution in [0.3, 0.4) is 0 Å². The first-order valence-corrected chi connectivity index (χ1v) is 8.14. The van der Waals surface area contributed by atoms with E-state index in [9.17, 15) is 10.1 Å². The number of nitrogens with zero attached hydrogens (tertiary/aromatic N) is 2. The predicted octanol–water partition coefficient (Wildman–Crippen LogP) is 4.65. The van der Waals surface area contributed by atoms with Gasteiger partial charge in [-0.25, -0.2) is 0 Å². The Morgan fingerprint density at radius 1 is 1.08 bits per heavy atom. The Bertz CT molecular complexity index is 879. The van der Waals surface area contributed by atoms with Crippen LogP contribution in [0.1, 0.15) is 45.5 Å². The van der Waals surface area contributed by atoms with Gasteiger partial charge in [-0.2, -0.15) is 5.26 Å². The third-order valence-corrected chi connectivity index (χ3v) is 4.38. The molecule has 0 saturated heterocycles. The first kappa shape index (κ1) is 16.7. The molecular formula is C21H18N2O2. The van der Waals surface area contributed by atoms with Crippen LogP contribution >= 0.6 is 0 Å². The van der Waals surface area contributed by atoms with Crippen molar-refractivity contribution in [3.05, 3.63) is 89.3 Å². The van der Waals surface area contributed by atoms with Crippen molar-refractivity contribution < 1.29 is 9.32 Å². The fourth-order valence-electron chi connectivity index (χ4n) is 3.06. The summed E-state index contributed by atoms with van der Waals surface area (Å²) in [5.74, 6) is -0.211. The molecule has 3 aromatic rings. The lowest BCUT2D eigenvalue weighted by Gasteiger charge is -2.22. The van der Waals surface area contributed by atoms with Gasteiger partial charge >= 0.3 is 0 Å². The molecule has 0 spiro atoms. The van der Waals surface area contributed by atoms with Crippen molar-refractivity contribution in [1.29, 1.82) is 5.26 Å². The lowest BCUT2D eigenvalue weighted by molar-refractivity contribution is 0.0970. The Hall–Kier alpha value is -3.19. The van der Waals surface area contributed by atoms with Crippen molar-refractivity contribution >= 4 is 5.78 Å². The molecule has 3 rings (SSSR count). The summed E-state index contributed by atoms with van der Waals surface area (Å²) < 4.78 is 5.01. The van der Waals surface area contributed by atoms with E-state index in [0.29, 0.717) is 11.3 Å². The number of carbonyl (C=O) groups is 1. The fourth-order valence-corrected chi connectivity index (χ4v) is 3.06. The van der Waals surface area contributed by atoms with Gasteiger partial charge in [0.1, 0.15) is 5.76 Å². The molecule has 0 amide bonds. The molecule has 25 heavy (non-hydrogen) atoms. The Labute approximate surface area is 146 Å². The minimum Gasteiger partial charge on any atom is -0.361 e. The number of carbonyl (C=O) groups excluding carboxylic acids is 1. The smallest absolute Gasteiger partial charge is 0.168 e. The van der Waals surface area contributed by atoms with Crippen molar-refractivity contribution in [3.8, 4) is 6.07 Å². The number of ketones is 1. The summed E-state index contributed by atoms with van der Waals surface area (Å²) in [6.07, 6.45) is 1.67. The molecule has 1 aromatic heterocycles. The van der Waals surface area contributed by atoms with Crippen LogP contribution in [0.2, 0.25) is 0 Å². The second-order valence-corrected chi connectivity index (χ2v) is 5.96. The van der Waals surface area contributed by atoms with Gasteiger partial charge in [-0.1, -0.05) is 65.8 Å². The highest BCUT2D eigenvalue weighted by molar-refractivity contribution is 5.97. The number of hydrogen-bond acceptors (Lipinski definition) is 4. The average molecular weight is 330 g/mol. The van der Waals surface area contributed by atoms with Crippen LogP contribution in [0.5, 0.6) is 0 Å². The van der Waals surface area contributed by atoms with Crippen LogP contribution in [0, 0.1) is 18.3 Å². The molecule has 0 aliphatic carbocycles. The Morgan fingerprint density at radius 3 is 2.20 bits per heavy atom. The molecule has 0 N–H and O–H groups in total. The molecule has 2 aromatic carbocycles. The van der Waals surface area contributed by atoms with Crippen molar-refractivity contribution in [3.63, 3.8) is 0 Å². The molecular weight excluding hydrogens is 312 g/mol. The summed E-state index contributed by atoms with van der Waals surface area (Å²) >= 11 is 0. The number of benzene rings is 2. The average Bonchev–Trinajstić information content (AvgIpc) is 3.09. The van der Waals surface area contributed by atoms with E-state index >= 15 is 0 Å². The fraction of sp³-hybridized carbons (Fsp3) is 0.190. The quantitative estimate of drug-likeness (QED) is 0.617. The van der Waals surface area contributed by atoms with E-state index < -0.39 is 5.92 Å². The molecule has 0 fully saturated rings. The van der Waals surface area contributed by atoms with Crippen LogP contribution in [0.25, 0.3) is 0 Å². The van der Waals surface area contributed by atoms with Gasteiger partial charge in [-0.05, 0) is 18.1 Å². The highest BCUT2D eigenvalue weighted by Gasteiger charge is 2.28. The highest BCUT2D eigenvalue weighted by Crippen LogP contribution is 2.36. The summed E-state index contributed by atoms with van der Waals surface area (Å²) in [5, 5.41) is 13.5. The molecule has 0 aliphatic heterocycles. The topological polar surface area (TPSA) is 66.9 Å². The maximum absolute atomic E-state index is 12.8. The van der Waals surface area contributed by atoms with Crippen molar-refractivity contribution in [2.45, 2.75) is 25.2 Å². The van der Waals surface area contributed by atoms with Gasteiger partial charge in [0, 0.05) is 12.3 Å². The zero-order valence-corrected chi connectivity index (χ0v) is 13.9. The SMILES string of the molecule is Cc1oncc1C(=O)C[C@H](c1ccccc1)[C@H](C#N)c1ccccc1. The second-order valence-electron chi connectivity index (χ2n) is 5.96. The van der Waals surface area contributed by atoms with E-state index in [0.717, 1.165) is 11.1 Å². The van der Waals surface area contributed by atoms with E-state index in [2.05, 4.69) is 11.2 Å². The standard InChI is InChI=1S/C21H18N2O2/c1-15-20(14-23-25-15)21(24)12-18(16-8-4-2-5-9-16)19(13-22)17-10-6-3-7-11-17/h2-11,14,18-19H,12H2,1H3/t18-,19-/m1/s1. The molecule has 2 atom stereocenters. The van der Waals surface area contributed by atoms with Gasteiger partial charge in [0.25, 0.3) is 0 Å². The molecule has 1 heterocycles. The number of aromatic nitrogens is 1. The maximum atomic E-state index is 12.8. The van der Waals surface area contributed by atoms with Crippen molar-refractivity contribution in [2.24, 2.45) is 0 Å². The third-order valence-electron chi connectivity index (χ3n) is 4.38. The lowest BCUT2D eigenvalue weighted by atomic mass is 9.78. The van der Waals surface area contributed by atoms with E-state index in [1.54, 1.807) is 6.92 Å². The molecule has 0 radical (unpaired) electrons. The van der Waals surface area contributed by atoms with E-state index in [4.69, 9.17) is 4.52 Å². The molecule has 0 unspecified atom stereocenters. The van der Waals surface area contributed by atoms with Crippen LogP contribution in [0.4, 0.5) is 0 Å². The summed E-state index contributed by atoms with van der Waals surface area (Å²) in [7, 11) is 0. The number of rotatable bonds is 6. The zero-order chi connectivity index (χ0) is 17.6. The monoisotopic (exact) mass is 330 g/mol. The lowest BCUT2D eigenvalue weighted by Crippen LogP contribution is -2.15.